The van der Waals surface area contributed by atoms with Crippen LogP contribution >= 0.6 is 15.9 Å². The Labute approximate surface area is 159 Å². The van der Waals surface area contributed by atoms with Gasteiger partial charge in [0.1, 0.15) is 23.4 Å². The molecule has 0 aliphatic heterocycles. The Bertz CT molecular complexity index is 896. The molecule has 0 bridgehead atoms. The average Bonchev–Trinajstić information content (AvgIpc) is 3.05. The van der Waals surface area contributed by atoms with Gasteiger partial charge in [-0.05, 0) is 42.0 Å². The van der Waals surface area contributed by atoms with Crippen LogP contribution in [0.1, 0.15) is 17.4 Å². The topological polar surface area (TPSA) is 56.2 Å². The summed E-state index contributed by atoms with van der Waals surface area (Å²) in [5.41, 5.74) is 0.608. The van der Waals surface area contributed by atoms with Gasteiger partial charge in [-0.1, -0.05) is 28.1 Å². The molecule has 1 N–H and O–H groups in total. The smallest absolute Gasteiger partial charge is 0.258 e. The van der Waals surface area contributed by atoms with Crippen LogP contribution in [-0.2, 0) is 11.8 Å². The van der Waals surface area contributed by atoms with Crippen molar-refractivity contribution in [3.63, 3.8) is 0 Å². The van der Waals surface area contributed by atoms with E-state index in [0.717, 1.165) is 4.47 Å². The molecule has 0 fully saturated rings. The Morgan fingerprint density at radius 1 is 1.31 bits per heavy atom. The molecule has 0 unspecified atom stereocenters. The van der Waals surface area contributed by atoms with Crippen molar-refractivity contribution in [3.8, 4) is 5.75 Å². The fourth-order valence-electron chi connectivity index (χ4n) is 2.52. The number of benzene rings is 2. The second-order valence-electron chi connectivity index (χ2n) is 5.69. The molecule has 134 valence electrons. The Kier molecular flexibility index (Phi) is 5.68. The quantitative estimate of drug-likeness (QED) is 0.666. The van der Waals surface area contributed by atoms with Gasteiger partial charge in [0.2, 0.25) is 0 Å². The predicted molar refractivity (Wildman–Crippen MR) is 99.2 cm³/mol. The third kappa shape index (κ3) is 4.49. The summed E-state index contributed by atoms with van der Waals surface area (Å²) in [7, 11) is 1.82. The molecular weight excluding hydrogens is 401 g/mol. The number of nitrogens with zero attached hydrogens (tertiary/aromatic N) is 2. The van der Waals surface area contributed by atoms with Gasteiger partial charge in [0.15, 0.2) is 6.61 Å². The van der Waals surface area contributed by atoms with E-state index < -0.39 is 6.04 Å². The van der Waals surface area contributed by atoms with Crippen molar-refractivity contribution in [1.82, 2.24) is 14.9 Å². The maximum absolute atomic E-state index is 13.6. The maximum Gasteiger partial charge on any atom is 0.258 e. The van der Waals surface area contributed by atoms with E-state index in [0.29, 0.717) is 17.1 Å². The summed E-state index contributed by atoms with van der Waals surface area (Å²) in [6.45, 7) is -0.155. The van der Waals surface area contributed by atoms with Crippen molar-refractivity contribution in [2.45, 2.75) is 6.04 Å². The number of aromatic nitrogens is 2. The Hall–Kier alpha value is -2.67. The number of hydrogen-bond donors (Lipinski definition) is 1. The SMILES string of the molecule is Cn1ccnc1[C@@H](NC(=O)COc1ccc(Br)cc1)c1cccc(F)c1. The summed E-state index contributed by atoms with van der Waals surface area (Å²) in [5.74, 6) is 0.488. The van der Waals surface area contributed by atoms with E-state index in [4.69, 9.17) is 4.74 Å². The van der Waals surface area contributed by atoms with Crippen molar-refractivity contribution < 1.29 is 13.9 Å². The number of halogens is 2. The summed E-state index contributed by atoms with van der Waals surface area (Å²) in [6, 6.07) is 12.7. The molecule has 0 aliphatic carbocycles. The van der Waals surface area contributed by atoms with Crippen molar-refractivity contribution in [1.29, 1.82) is 0 Å². The molecule has 0 spiro atoms. The number of amides is 1. The van der Waals surface area contributed by atoms with Crippen LogP contribution in [0.25, 0.3) is 0 Å². The van der Waals surface area contributed by atoms with Crippen LogP contribution < -0.4 is 10.1 Å². The highest BCUT2D eigenvalue weighted by molar-refractivity contribution is 9.10. The lowest BCUT2D eigenvalue weighted by atomic mass is 10.1. The van der Waals surface area contributed by atoms with Crippen molar-refractivity contribution in [3.05, 3.63) is 82.6 Å². The highest BCUT2D eigenvalue weighted by Crippen LogP contribution is 2.21. The molecule has 26 heavy (non-hydrogen) atoms. The lowest BCUT2D eigenvalue weighted by molar-refractivity contribution is -0.123. The van der Waals surface area contributed by atoms with Gasteiger partial charge in [-0.2, -0.15) is 0 Å². The molecule has 1 amide bonds. The van der Waals surface area contributed by atoms with Gasteiger partial charge < -0.3 is 14.6 Å². The maximum atomic E-state index is 13.6. The van der Waals surface area contributed by atoms with Gasteiger partial charge in [0, 0.05) is 23.9 Å². The van der Waals surface area contributed by atoms with E-state index in [1.54, 1.807) is 41.2 Å². The lowest BCUT2D eigenvalue weighted by Gasteiger charge is -2.19. The van der Waals surface area contributed by atoms with Gasteiger partial charge in [0.25, 0.3) is 5.91 Å². The zero-order chi connectivity index (χ0) is 18.5. The molecule has 5 nitrogen and oxygen atoms in total. The first-order chi connectivity index (χ1) is 12.5. The van der Waals surface area contributed by atoms with E-state index in [9.17, 15) is 9.18 Å². The molecule has 1 aromatic heterocycles. The van der Waals surface area contributed by atoms with Gasteiger partial charge >= 0.3 is 0 Å². The van der Waals surface area contributed by atoms with Crippen LogP contribution in [0.2, 0.25) is 0 Å². The first-order valence-electron chi connectivity index (χ1n) is 7.93. The normalized spacial score (nSPS) is 11.8. The minimum absolute atomic E-state index is 0.155. The number of nitrogens with one attached hydrogen (secondary N) is 1. The molecule has 0 aliphatic rings. The molecular formula is C19H17BrFN3O2. The van der Waals surface area contributed by atoms with Crippen LogP contribution in [0.4, 0.5) is 4.39 Å². The molecule has 0 radical (unpaired) electrons. The number of imidazole rings is 1. The van der Waals surface area contributed by atoms with E-state index in [1.807, 2.05) is 19.2 Å². The first-order valence-corrected chi connectivity index (χ1v) is 8.72. The molecule has 7 heteroatoms. The van der Waals surface area contributed by atoms with E-state index in [2.05, 4.69) is 26.2 Å². The minimum Gasteiger partial charge on any atom is -0.484 e. The standard InChI is InChI=1S/C19H17BrFN3O2/c1-24-10-9-22-19(24)18(13-3-2-4-15(21)11-13)23-17(25)12-26-16-7-5-14(20)6-8-16/h2-11,18H,12H2,1H3,(H,23,25)/t18-/m0/s1. The second kappa shape index (κ2) is 8.14. The Morgan fingerprint density at radius 3 is 2.73 bits per heavy atom. The fraction of sp³-hybridized carbons (Fsp3) is 0.158. The van der Waals surface area contributed by atoms with Crippen LogP contribution in [0.3, 0.4) is 0 Å². The highest BCUT2D eigenvalue weighted by Gasteiger charge is 2.21. The van der Waals surface area contributed by atoms with E-state index >= 15 is 0 Å². The second-order valence-corrected chi connectivity index (χ2v) is 6.61. The molecule has 3 rings (SSSR count). The zero-order valence-electron chi connectivity index (χ0n) is 14.0. The first kappa shape index (κ1) is 18.1. The molecule has 2 aromatic carbocycles. The molecule has 3 aromatic rings. The van der Waals surface area contributed by atoms with Crippen molar-refractivity contribution >= 4 is 21.8 Å². The fourth-order valence-corrected chi connectivity index (χ4v) is 2.79. The summed E-state index contributed by atoms with van der Waals surface area (Å²) in [4.78, 5) is 16.7. The van der Waals surface area contributed by atoms with Gasteiger partial charge in [-0.25, -0.2) is 9.37 Å². The van der Waals surface area contributed by atoms with Crippen LogP contribution in [-0.4, -0.2) is 22.1 Å². The van der Waals surface area contributed by atoms with Crippen LogP contribution in [0, 0.1) is 5.82 Å². The average molecular weight is 418 g/mol. The van der Waals surface area contributed by atoms with Crippen molar-refractivity contribution in [2.75, 3.05) is 6.61 Å². The number of rotatable bonds is 6. The lowest BCUT2D eigenvalue weighted by Crippen LogP contribution is -2.34. The number of carbonyl (C=O) groups is 1. The number of carbonyl (C=O) groups excluding carboxylic acids is 1. The monoisotopic (exact) mass is 417 g/mol. The molecule has 0 saturated carbocycles. The number of aryl methyl sites for hydroxylation is 1. The molecule has 0 saturated heterocycles. The third-order valence-electron chi connectivity index (χ3n) is 3.79. The molecule has 1 atom stereocenters. The Morgan fingerprint density at radius 2 is 2.08 bits per heavy atom. The van der Waals surface area contributed by atoms with Gasteiger partial charge in [-0.3, -0.25) is 4.79 Å². The van der Waals surface area contributed by atoms with Crippen LogP contribution in [0.5, 0.6) is 5.75 Å². The van der Waals surface area contributed by atoms with E-state index in [1.165, 1.54) is 12.1 Å². The Balaban J connectivity index is 1.74. The number of ether oxygens (including phenoxy) is 1. The van der Waals surface area contributed by atoms with Crippen LogP contribution in [0.15, 0.2) is 65.4 Å². The summed E-state index contributed by atoms with van der Waals surface area (Å²) in [6.07, 6.45) is 3.40. The van der Waals surface area contributed by atoms with Gasteiger partial charge in [-0.15, -0.1) is 0 Å². The summed E-state index contributed by atoms with van der Waals surface area (Å²) < 4.78 is 21.8. The van der Waals surface area contributed by atoms with Crippen molar-refractivity contribution in [2.24, 2.45) is 7.05 Å². The minimum atomic E-state index is -0.577. The van der Waals surface area contributed by atoms with E-state index in [-0.39, 0.29) is 18.3 Å². The summed E-state index contributed by atoms with van der Waals surface area (Å²) >= 11 is 3.34. The highest BCUT2D eigenvalue weighted by atomic mass is 79.9. The van der Waals surface area contributed by atoms with Gasteiger partial charge in [0.05, 0.1) is 0 Å². The number of hydrogen-bond acceptors (Lipinski definition) is 3. The largest absolute Gasteiger partial charge is 0.484 e. The zero-order valence-corrected chi connectivity index (χ0v) is 15.6. The third-order valence-corrected chi connectivity index (χ3v) is 4.32. The summed E-state index contributed by atoms with van der Waals surface area (Å²) in [5, 5.41) is 2.86. The predicted octanol–water partition coefficient (Wildman–Crippen LogP) is 3.61. The molecule has 1 heterocycles.